The second-order valence-corrected chi connectivity index (χ2v) is 6.53. The van der Waals surface area contributed by atoms with Gasteiger partial charge in [-0.05, 0) is 36.8 Å². The number of aryl methyl sites for hydroxylation is 1. The van der Waals surface area contributed by atoms with Gasteiger partial charge in [-0.3, -0.25) is 9.48 Å². The minimum absolute atomic E-state index is 0.463. The molecule has 3 rings (SSSR count). The summed E-state index contributed by atoms with van der Waals surface area (Å²) < 4.78 is 2.05. The zero-order valence-corrected chi connectivity index (χ0v) is 12.7. The van der Waals surface area contributed by atoms with E-state index in [4.69, 9.17) is 5.10 Å². The normalized spacial score (nSPS) is 17.1. The number of hydrogen-bond donors (Lipinski definition) is 0. The van der Waals surface area contributed by atoms with Gasteiger partial charge in [0.15, 0.2) is 6.29 Å². The molecule has 0 aromatic carbocycles. The summed E-state index contributed by atoms with van der Waals surface area (Å²) in [6.07, 6.45) is 10.4. The molecule has 1 aliphatic carbocycles. The first-order valence-corrected chi connectivity index (χ1v) is 8.26. The first-order chi connectivity index (χ1) is 9.79. The quantitative estimate of drug-likeness (QED) is 0.609. The van der Waals surface area contributed by atoms with Crippen molar-refractivity contribution in [2.75, 3.05) is 0 Å². The van der Waals surface area contributed by atoms with Crippen LogP contribution in [0.2, 0.25) is 0 Å². The van der Waals surface area contributed by atoms with Crippen molar-refractivity contribution in [1.29, 1.82) is 0 Å². The van der Waals surface area contributed by atoms with Gasteiger partial charge in [0, 0.05) is 6.20 Å². The number of hydrogen-bond acceptors (Lipinski definition) is 3. The molecule has 0 N–H and O–H groups in total. The Morgan fingerprint density at radius 3 is 2.65 bits per heavy atom. The monoisotopic (exact) mass is 288 g/mol. The van der Waals surface area contributed by atoms with E-state index in [1.807, 2.05) is 10.9 Å². The van der Waals surface area contributed by atoms with Crippen LogP contribution in [0.3, 0.4) is 0 Å². The van der Waals surface area contributed by atoms with Crippen molar-refractivity contribution in [3.05, 3.63) is 28.8 Å². The molecule has 0 spiro atoms. The van der Waals surface area contributed by atoms with Crippen LogP contribution in [0.4, 0.5) is 0 Å². The zero-order valence-electron chi connectivity index (χ0n) is 11.8. The van der Waals surface area contributed by atoms with Gasteiger partial charge in [0.05, 0.1) is 16.5 Å². The maximum absolute atomic E-state index is 11.3. The lowest BCUT2D eigenvalue weighted by Crippen LogP contribution is -2.08. The average molecular weight is 288 g/mol. The fraction of sp³-hybridized carbons (Fsp3) is 0.500. The Bertz CT molecular complexity index is 591. The molecule has 4 heteroatoms. The highest BCUT2D eigenvalue weighted by molar-refractivity contribution is 7.13. The molecule has 2 heterocycles. The summed E-state index contributed by atoms with van der Waals surface area (Å²) >= 11 is 1.66. The van der Waals surface area contributed by atoms with Crippen LogP contribution in [-0.4, -0.2) is 16.1 Å². The minimum Gasteiger partial charge on any atom is -0.298 e. The molecular weight excluding hydrogens is 268 g/mol. The number of rotatable bonds is 3. The molecule has 0 bridgehead atoms. The van der Waals surface area contributed by atoms with Gasteiger partial charge in [-0.2, -0.15) is 5.10 Å². The summed E-state index contributed by atoms with van der Waals surface area (Å²) in [4.78, 5) is 12.5. The Hall–Kier alpha value is -1.42. The first-order valence-electron chi connectivity index (χ1n) is 7.38. The SMILES string of the molecule is Cc1ccsc1-c1nn(C2CCCCCC2)cc1C=O. The van der Waals surface area contributed by atoms with Crippen LogP contribution in [0.25, 0.3) is 10.6 Å². The molecule has 0 amide bonds. The molecule has 0 saturated heterocycles. The Kier molecular flexibility index (Phi) is 4.01. The van der Waals surface area contributed by atoms with Gasteiger partial charge in [0.1, 0.15) is 5.69 Å². The highest BCUT2D eigenvalue weighted by atomic mass is 32.1. The van der Waals surface area contributed by atoms with Crippen LogP contribution in [0.15, 0.2) is 17.6 Å². The van der Waals surface area contributed by atoms with Gasteiger partial charge in [-0.1, -0.05) is 25.7 Å². The van der Waals surface area contributed by atoms with Gasteiger partial charge in [0.25, 0.3) is 0 Å². The van der Waals surface area contributed by atoms with E-state index in [1.165, 1.54) is 44.1 Å². The molecule has 1 saturated carbocycles. The van der Waals surface area contributed by atoms with E-state index in [2.05, 4.69) is 18.4 Å². The molecule has 0 aliphatic heterocycles. The van der Waals surface area contributed by atoms with Crippen LogP contribution >= 0.6 is 11.3 Å². The molecule has 1 fully saturated rings. The third-order valence-corrected chi connectivity index (χ3v) is 5.19. The van der Waals surface area contributed by atoms with Crippen LogP contribution in [0.5, 0.6) is 0 Å². The maximum atomic E-state index is 11.3. The van der Waals surface area contributed by atoms with Gasteiger partial charge in [0.2, 0.25) is 0 Å². The summed E-state index contributed by atoms with van der Waals surface area (Å²) in [6.45, 7) is 2.07. The minimum atomic E-state index is 0.463. The molecule has 20 heavy (non-hydrogen) atoms. The predicted molar refractivity (Wildman–Crippen MR) is 82.4 cm³/mol. The predicted octanol–water partition coefficient (Wildman–Crippen LogP) is 4.63. The van der Waals surface area contributed by atoms with E-state index in [-0.39, 0.29) is 0 Å². The Balaban J connectivity index is 1.96. The summed E-state index contributed by atoms with van der Waals surface area (Å²) in [5.41, 5.74) is 2.78. The summed E-state index contributed by atoms with van der Waals surface area (Å²) in [7, 11) is 0. The fourth-order valence-electron chi connectivity index (χ4n) is 2.99. The second-order valence-electron chi connectivity index (χ2n) is 5.61. The van der Waals surface area contributed by atoms with Crippen LogP contribution in [0, 0.1) is 6.92 Å². The smallest absolute Gasteiger partial charge is 0.153 e. The summed E-state index contributed by atoms with van der Waals surface area (Å²) in [6, 6.07) is 2.55. The van der Waals surface area contributed by atoms with Crippen molar-refractivity contribution >= 4 is 17.6 Å². The summed E-state index contributed by atoms with van der Waals surface area (Å²) in [5, 5.41) is 6.80. The molecule has 0 unspecified atom stereocenters. The molecule has 106 valence electrons. The molecule has 0 atom stereocenters. The lowest BCUT2D eigenvalue weighted by Gasteiger charge is -2.14. The fourth-order valence-corrected chi connectivity index (χ4v) is 3.93. The lowest BCUT2D eigenvalue weighted by molar-refractivity contribution is 0.112. The van der Waals surface area contributed by atoms with Gasteiger partial charge < -0.3 is 0 Å². The number of thiophene rings is 1. The van der Waals surface area contributed by atoms with E-state index < -0.39 is 0 Å². The molecule has 2 aromatic rings. The number of carbonyl (C=O) groups is 1. The third-order valence-electron chi connectivity index (χ3n) is 4.16. The zero-order chi connectivity index (χ0) is 13.9. The van der Waals surface area contributed by atoms with Crippen LogP contribution in [0.1, 0.15) is 60.5 Å². The van der Waals surface area contributed by atoms with Crippen molar-refractivity contribution in [2.45, 2.75) is 51.5 Å². The highest BCUT2D eigenvalue weighted by Crippen LogP contribution is 2.33. The van der Waals surface area contributed by atoms with Crippen molar-refractivity contribution in [1.82, 2.24) is 9.78 Å². The molecule has 0 radical (unpaired) electrons. The Labute approximate surface area is 123 Å². The highest BCUT2D eigenvalue weighted by Gasteiger charge is 2.19. The first kappa shape index (κ1) is 13.6. The van der Waals surface area contributed by atoms with Crippen molar-refractivity contribution in [3.8, 4) is 10.6 Å². The second kappa shape index (κ2) is 5.92. The number of aromatic nitrogens is 2. The van der Waals surface area contributed by atoms with E-state index in [1.54, 1.807) is 11.3 Å². The van der Waals surface area contributed by atoms with Crippen molar-refractivity contribution in [2.24, 2.45) is 0 Å². The largest absolute Gasteiger partial charge is 0.298 e. The lowest BCUT2D eigenvalue weighted by atomic mass is 10.1. The number of nitrogens with zero attached hydrogens (tertiary/aromatic N) is 2. The number of carbonyl (C=O) groups excluding carboxylic acids is 1. The number of aldehydes is 1. The van der Waals surface area contributed by atoms with Crippen molar-refractivity contribution in [3.63, 3.8) is 0 Å². The molecular formula is C16H20N2OS. The Morgan fingerprint density at radius 2 is 2.05 bits per heavy atom. The molecule has 2 aromatic heterocycles. The van der Waals surface area contributed by atoms with Gasteiger partial charge >= 0.3 is 0 Å². The van der Waals surface area contributed by atoms with Gasteiger partial charge in [-0.25, -0.2) is 0 Å². The third kappa shape index (κ3) is 2.57. The maximum Gasteiger partial charge on any atom is 0.153 e. The summed E-state index contributed by atoms with van der Waals surface area (Å²) in [5.74, 6) is 0. The standard InChI is InChI=1S/C16H20N2OS/c1-12-8-9-20-16(12)15-13(11-19)10-18(17-15)14-6-4-2-3-5-7-14/h8-11,14H,2-7H2,1H3. The Morgan fingerprint density at radius 1 is 1.30 bits per heavy atom. The molecule has 3 nitrogen and oxygen atoms in total. The van der Waals surface area contributed by atoms with Crippen molar-refractivity contribution < 1.29 is 4.79 Å². The topological polar surface area (TPSA) is 34.9 Å². The van der Waals surface area contributed by atoms with Gasteiger partial charge in [-0.15, -0.1) is 11.3 Å². The van der Waals surface area contributed by atoms with Crippen LogP contribution < -0.4 is 0 Å². The van der Waals surface area contributed by atoms with E-state index in [9.17, 15) is 4.79 Å². The van der Waals surface area contributed by atoms with E-state index in [0.717, 1.165) is 22.4 Å². The average Bonchev–Trinajstić information content (AvgIpc) is 2.96. The van der Waals surface area contributed by atoms with E-state index >= 15 is 0 Å². The van der Waals surface area contributed by atoms with Crippen LogP contribution in [-0.2, 0) is 0 Å². The van der Waals surface area contributed by atoms with E-state index in [0.29, 0.717) is 6.04 Å². The molecule has 1 aliphatic rings.